The minimum atomic E-state index is -0.205. The normalized spacial score (nSPS) is 11.9. The molecule has 19 heavy (non-hydrogen) atoms. The summed E-state index contributed by atoms with van der Waals surface area (Å²) in [6, 6.07) is 7.09. The smallest absolute Gasteiger partial charge is 0.269 e. The third kappa shape index (κ3) is 3.99. The lowest BCUT2D eigenvalue weighted by Gasteiger charge is -2.15. The lowest BCUT2D eigenvalue weighted by atomic mass is 10.3. The van der Waals surface area contributed by atoms with Crippen molar-refractivity contribution >= 4 is 17.5 Å². The fourth-order valence-electron chi connectivity index (χ4n) is 1.50. The van der Waals surface area contributed by atoms with Crippen molar-refractivity contribution in [3.8, 4) is 5.75 Å². The average Bonchev–Trinajstić information content (AvgIpc) is 2.93. The molecule has 0 spiro atoms. The Bertz CT molecular complexity index is 525. The molecule has 100 valence electrons. The Morgan fingerprint density at radius 2 is 2.21 bits per heavy atom. The van der Waals surface area contributed by atoms with Crippen LogP contribution in [-0.4, -0.2) is 28.5 Å². The van der Waals surface area contributed by atoms with Crippen LogP contribution in [0.3, 0.4) is 0 Å². The van der Waals surface area contributed by atoms with Gasteiger partial charge in [-0.05, 0) is 31.2 Å². The highest BCUT2D eigenvalue weighted by atomic mass is 35.5. The zero-order chi connectivity index (χ0) is 13.7. The predicted molar refractivity (Wildman–Crippen MR) is 72.5 cm³/mol. The first-order valence-corrected chi connectivity index (χ1v) is 6.22. The molecule has 6 heteroatoms. The number of benzene rings is 1. The van der Waals surface area contributed by atoms with Crippen molar-refractivity contribution < 1.29 is 9.53 Å². The number of ether oxygens (including phenoxy) is 1. The van der Waals surface area contributed by atoms with Crippen LogP contribution in [0.1, 0.15) is 17.4 Å². The molecule has 0 saturated heterocycles. The standard InChI is InChI=1S/C13H14ClN3O2/c1-9(19-11-4-2-10(14)3-5-11)6-16-13(18)12-7-15-8-17-12/h2-5,7-9H,6H2,1H3,(H,15,17)(H,16,18)/t9-/m1/s1. The van der Waals surface area contributed by atoms with Crippen LogP contribution in [0.5, 0.6) is 5.75 Å². The Balaban J connectivity index is 1.80. The number of aromatic amines is 1. The van der Waals surface area contributed by atoms with Crippen LogP contribution in [0.2, 0.25) is 5.02 Å². The summed E-state index contributed by atoms with van der Waals surface area (Å²) in [6.07, 6.45) is 2.79. The van der Waals surface area contributed by atoms with Gasteiger partial charge in [-0.3, -0.25) is 4.79 Å². The molecule has 0 fully saturated rings. The fourth-order valence-corrected chi connectivity index (χ4v) is 1.62. The van der Waals surface area contributed by atoms with E-state index < -0.39 is 0 Å². The molecule has 0 unspecified atom stereocenters. The van der Waals surface area contributed by atoms with Gasteiger partial charge in [-0.15, -0.1) is 0 Å². The monoisotopic (exact) mass is 279 g/mol. The molecular formula is C13H14ClN3O2. The van der Waals surface area contributed by atoms with E-state index in [1.54, 1.807) is 24.3 Å². The Morgan fingerprint density at radius 1 is 1.47 bits per heavy atom. The van der Waals surface area contributed by atoms with Crippen LogP contribution in [0.4, 0.5) is 0 Å². The molecule has 2 N–H and O–H groups in total. The van der Waals surface area contributed by atoms with Gasteiger partial charge in [0.2, 0.25) is 0 Å². The number of H-pyrrole nitrogens is 1. The first-order chi connectivity index (χ1) is 9.15. The number of hydrogen-bond acceptors (Lipinski definition) is 3. The molecule has 0 bridgehead atoms. The van der Waals surface area contributed by atoms with Gasteiger partial charge in [0.15, 0.2) is 0 Å². The molecule has 1 heterocycles. The molecule has 1 aromatic heterocycles. The molecular weight excluding hydrogens is 266 g/mol. The second-order valence-electron chi connectivity index (χ2n) is 4.06. The van der Waals surface area contributed by atoms with E-state index in [2.05, 4.69) is 15.3 Å². The number of halogens is 1. The number of nitrogens with one attached hydrogen (secondary N) is 2. The summed E-state index contributed by atoms with van der Waals surface area (Å²) in [5, 5.41) is 3.41. The number of amides is 1. The molecule has 1 amide bonds. The van der Waals surface area contributed by atoms with E-state index in [4.69, 9.17) is 16.3 Å². The Morgan fingerprint density at radius 3 is 2.84 bits per heavy atom. The maximum atomic E-state index is 11.7. The van der Waals surface area contributed by atoms with Gasteiger partial charge in [0.25, 0.3) is 5.91 Å². The number of carbonyl (C=O) groups excluding carboxylic acids is 1. The van der Waals surface area contributed by atoms with Gasteiger partial charge in [-0.2, -0.15) is 0 Å². The highest BCUT2D eigenvalue weighted by Gasteiger charge is 2.09. The van der Waals surface area contributed by atoms with E-state index in [-0.39, 0.29) is 12.0 Å². The highest BCUT2D eigenvalue weighted by Crippen LogP contribution is 2.16. The second-order valence-corrected chi connectivity index (χ2v) is 4.49. The molecule has 0 aliphatic rings. The van der Waals surface area contributed by atoms with E-state index in [0.717, 1.165) is 0 Å². The highest BCUT2D eigenvalue weighted by molar-refractivity contribution is 6.30. The topological polar surface area (TPSA) is 67.0 Å². The van der Waals surface area contributed by atoms with Gasteiger partial charge in [-0.25, -0.2) is 4.98 Å². The molecule has 1 aromatic carbocycles. The number of rotatable bonds is 5. The summed E-state index contributed by atoms with van der Waals surface area (Å²) in [6.45, 7) is 2.28. The van der Waals surface area contributed by atoms with Gasteiger partial charge in [0.05, 0.1) is 19.1 Å². The van der Waals surface area contributed by atoms with Crippen molar-refractivity contribution in [2.24, 2.45) is 0 Å². The van der Waals surface area contributed by atoms with Crippen LogP contribution >= 0.6 is 11.6 Å². The van der Waals surface area contributed by atoms with Crippen molar-refractivity contribution in [2.75, 3.05) is 6.54 Å². The number of imidazole rings is 1. The number of hydrogen-bond donors (Lipinski definition) is 2. The van der Waals surface area contributed by atoms with E-state index in [1.807, 2.05) is 6.92 Å². The predicted octanol–water partition coefficient (Wildman–Crippen LogP) is 2.26. The first kappa shape index (κ1) is 13.4. The van der Waals surface area contributed by atoms with Crippen LogP contribution in [0.25, 0.3) is 0 Å². The number of carbonyl (C=O) groups is 1. The zero-order valence-electron chi connectivity index (χ0n) is 10.4. The summed E-state index contributed by atoms with van der Waals surface area (Å²) >= 11 is 5.79. The summed E-state index contributed by atoms with van der Waals surface area (Å²) in [5.74, 6) is 0.511. The van der Waals surface area contributed by atoms with Crippen molar-refractivity contribution in [3.63, 3.8) is 0 Å². The SMILES string of the molecule is C[C@H](CNC(=O)c1cnc[nH]1)Oc1ccc(Cl)cc1. The maximum absolute atomic E-state index is 11.7. The minimum absolute atomic E-state index is 0.145. The van der Waals surface area contributed by atoms with Gasteiger partial charge >= 0.3 is 0 Å². The quantitative estimate of drug-likeness (QED) is 0.882. The Hall–Kier alpha value is -2.01. The van der Waals surface area contributed by atoms with E-state index >= 15 is 0 Å². The number of nitrogens with zero attached hydrogens (tertiary/aromatic N) is 1. The minimum Gasteiger partial charge on any atom is -0.489 e. The van der Waals surface area contributed by atoms with Gasteiger partial charge < -0.3 is 15.0 Å². The molecule has 5 nitrogen and oxygen atoms in total. The summed E-state index contributed by atoms with van der Waals surface area (Å²) in [4.78, 5) is 18.2. The summed E-state index contributed by atoms with van der Waals surface area (Å²) in [5.41, 5.74) is 0.429. The van der Waals surface area contributed by atoms with Gasteiger partial charge in [0.1, 0.15) is 17.5 Å². The first-order valence-electron chi connectivity index (χ1n) is 5.84. The summed E-state index contributed by atoms with van der Waals surface area (Å²) < 4.78 is 5.64. The van der Waals surface area contributed by atoms with Crippen molar-refractivity contribution in [3.05, 3.63) is 47.5 Å². The van der Waals surface area contributed by atoms with Crippen LogP contribution in [-0.2, 0) is 0 Å². The zero-order valence-corrected chi connectivity index (χ0v) is 11.1. The fraction of sp³-hybridized carbons (Fsp3) is 0.231. The summed E-state index contributed by atoms with van der Waals surface area (Å²) in [7, 11) is 0. The second kappa shape index (κ2) is 6.24. The Kier molecular flexibility index (Phi) is 4.41. The van der Waals surface area contributed by atoms with Crippen molar-refractivity contribution in [1.29, 1.82) is 0 Å². The van der Waals surface area contributed by atoms with Crippen molar-refractivity contribution in [2.45, 2.75) is 13.0 Å². The maximum Gasteiger partial charge on any atom is 0.269 e. The largest absolute Gasteiger partial charge is 0.489 e. The molecule has 2 aromatic rings. The van der Waals surface area contributed by atoms with E-state index in [1.165, 1.54) is 12.5 Å². The average molecular weight is 280 g/mol. The van der Waals surface area contributed by atoms with Crippen LogP contribution in [0, 0.1) is 0 Å². The third-order valence-corrected chi connectivity index (χ3v) is 2.70. The molecule has 0 saturated carbocycles. The lowest BCUT2D eigenvalue weighted by Crippen LogP contribution is -2.33. The van der Waals surface area contributed by atoms with E-state index in [9.17, 15) is 4.79 Å². The van der Waals surface area contributed by atoms with E-state index in [0.29, 0.717) is 23.0 Å². The van der Waals surface area contributed by atoms with Crippen molar-refractivity contribution in [1.82, 2.24) is 15.3 Å². The molecule has 0 aliphatic heterocycles. The molecule has 0 aliphatic carbocycles. The van der Waals surface area contributed by atoms with Crippen LogP contribution < -0.4 is 10.1 Å². The van der Waals surface area contributed by atoms with Gasteiger partial charge in [-0.1, -0.05) is 11.6 Å². The number of aromatic nitrogens is 2. The van der Waals surface area contributed by atoms with Crippen LogP contribution in [0.15, 0.2) is 36.8 Å². The lowest BCUT2D eigenvalue weighted by molar-refractivity contribution is 0.0928. The molecule has 0 radical (unpaired) electrons. The third-order valence-electron chi connectivity index (χ3n) is 2.44. The molecule has 1 atom stereocenters. The van der Waals surface area contributed by atoms with Gasteiger partial charge in [0, 0.05) is 5.02 Å². The molecule has 2 rings (SSSR count). The Labute approximate surface area is 116 Å².